The third-order valence-electron chi connectivity index (χ3n) is 6.70. The van der Waals surface area contributed by atoms with Crippen LogP contribution in [-0.2, 0) is 4.79 Å². The Balaban J connectivity index is 1.43. The first-order valence-corrected chi connectivity index (χ1v) is 13.0. The molecule has 0 aliphatic carbocycles. The number of ether oxygens (including phenoxy) is 1. The number of rotatable bonds is 1. The molecule has 8 nitrogen and oxygen atoms in total. The number of likely N-dealkylation sites (tertiary alicyclic amines) is 1. The lowest BCUT2D eigenvalue weighted by molar-refractivity contribution is -0.133. The van der Waals surface area contributed by atoms with E-state index in [2.05, 4.69) is 21.7 Å². The molecule has 1 aromatic carbocycles. The van der Waals surface area contributed by atoms with Gasteiger partial charge in [0, 0.05) is 26.2 Å². The third-order valence-corrected chi connectivity index (χ3v) is 7.62. The molecule has 186 valence electrons. The minimum atomic E-state index is -0.552. The van der Waals surface area contributed by atoms with E-state index in [1.807, 2.05) is 30.0 Å². The van der Waals surface area contributed by atoms with E-state index in [4.69, 9.17) is 4.74 Å². The van der Waals surface area contributed by atoms with Crippen molar-refractivity contribution in [2.75, 3.05) is 32.8 Å². The molecule has 35 heavy (non-hydrogen) atoms. The molecular formula is C26H32N4O4S. The number of nitrogens with zero attached hydrogens (tertiary/aromatic N) is 2. The van der Waals surface area contributed by atoms with Gasteiger partial charge in [-0.1, -0.05) is 24.3 Å². The summed E-state index contributed by atoms with van der Waals surface area (Å²) in [6.07, 6.45) is 7.21. The lowest BCUT2D eigenvalue weighted by atomic mass is 9.74. The lowest BCUT2D eigenvalue weighted by Crippen LogP contribution is -2.50. The van der Waals surface area contributed by atoms with Crippen molar-refractivity contribution < 1.29 is 19.1 Å². The van der Waals surface area contributed by atoms with E-state index in [-0.39, 0.29) is 17.7 Å². The fourth-order valence-electron chi connectivity index (χ4n) is 4.53. The van der Waals surface area contributed by atoms with Crippen LogP contribution in [0.25, 0.3) is 0 Å². The number of piperidine rings is 1. The molecule has 2 aliphatic heterocycles. The molecule has 4 rings (SSSR count). The van der Waals surface area contributed by atoms with Crippen LogP contribution in [0, 0.1) is 12.3 Å². The van der Waals surface area contributed by atoms with Crippen LogP contribution in [0.15, 0.2) is 41.9 Å². The number of hydrogen-bond acceptors (Lipinski definition) is 6. The largest absolute Gasteiger partial charge is 0.492 e. The summed E-state index contributed by atoms with van der Waals surface area (Å²) in [4.78, 5) is 45.5. The van der Waals surface area contributed by atoms with Gasteiger partial charge in [-0.15, -0.1) is 11.3 Å². The summed E-state index contributed by atoms with van der Waals surface area (Å²) in [5.41, 5.74) is 2.41. The first-order valence-electron chi connectivity index (χ1n) is 12.1. The second-order valence-corrected chi connectivity index (χ2v) is 9.87. The van der Waals surface area contributed by atoms with E-state index in [1.54, 1.807) is 17.6 Å². The highest BCUT2D eigenvalue weighted by atomic mass is 32.1. The number of amides is 3. The van der Waals surface area contributed by atoms with Crippen molar-refractivity contribution in [2.24, 2.45) is 5.41 Å². The molecule has 0 bridgehead atoms. The van der Waals surface area contributed by atoms with Gasteiger partial charge in [0.1, 0.15) is 10.6 Å². The first kappa shape index (κ1) is 24.9. The van der Waals surface area contributed by atoms with Crippen molar-refractivity contribution in [2.45, 2.75) is 39.0 Å². The van der Waals surface area contributed by atoms with Gasteiger partial charge in [-0.05, 0) is 51.2 Å². The standard InChI is InChI=1S/C26H32N4O4S/c1-19-22(35-18-29-19)24(32)30-15-11-26(12-16-30)10-5-2-6-17-34-21-9-4-3-8-20(21)23(31)27-13-7-14-28-25(26)33/h2-5,8-9,18H,6-7,10-17H2,1H3,(H,27,31)(H,28,33)/b5-2+. The van der Waals surface area contributed by atoms with Crippen LogP contribution in [0.4, 0.5) is 0 Å². The third kappa shape index (κ3) is 5.90. The number of fused-ring (bicyclic) bond motifs is 1. The van der Waals surface area contributed by atoms with Crippen LogP contribution in [0.3, 0.4) is 0 Å². The van der Waals surface area contributed by atoms with Gasteiger partial charge in [-0.2, -0.15) is 0 Å². The molecule has 1 fully saturated rings. The molecule has 1 spiro atoms. The highest BCUT2D eigenvalue weighted by Crippen LogP contribution is 2.37. The van der Waals surface area contributed by atoms with Crippen LogP contribution in [0.2, 0.25) is 0 Å². The van der Waals surface area contributed by atoms with Gasteiger partial charge in [0.25, 0.3) is 11.8 Å². The van der Waals surface area contributed by atoms with E-state index in [0.29, 0.717) is 81.1 Å². The van der Waals surface area contributed by atoms with Crippen molar-refractivity contribution in [3.8, 4) is 5.75 Å². The number of nitrogens with one attached hydrogen (secondary N) is 2. The smallest absolute Gasteiger partial charge is 0.265 e. The SMILES string of the molecule is Cc1ncsc1C(=O)N1CCC2(C/C=C/CCOc3ccccc3C(=O)NCCCNC2=O)CC1. The number of carbonyl (C=O) groups excluding carboxylic acids is 3. The fraction of sp³-hybridized carbons (Fsp3) is 0.462. The average Bonchev–Trinajstić information content (AvgIpc) is 3.31. The van der Waals surface area contributed by atoms with E-state index >= 15 is 0 Å². The molecule has 9 heteroatoms. The predicted octanol–water partition coefficient (Wildman–Crippen LogP) is 3.34. The highest BCUT2D eigenvalue weighted by molar-refractivity contribution is 7.11. The van der Waals surface area contributed by atoms with Crippen molar-refractivity contribution in [1.82, 2.24) is 20.5 Å². The molecule has 0 atom stereocenters. The molecule has 0 unspecified atom stereocenters. The number of aromatic nitrogens is 1. The van der Waals surface area contributed by atoms with Crippen LogP contribution in [-0.4, -0.2) is 60.4 Å². The molecule has 1 saturated heterocycles. The maximum atomic E-state index is 13.3. The zero-order chi connectivity index (χ0) is 24.7. The Morgan fingerprint density at radius 2 is 1.89 bits per heavy atom. The number of benzene rings is 1. The molecular weight excluding hydrogens is 464 g/mol. The summed E-state index contributed by atoms with van der Waals surface area (Å²) in [7, 11) is 0. The van der Waals surface area contributed by atoms with E-state index in [0.717, 1.165) is 5.69 Å². The summed E-state index contributed by atoms with van der Waals surface area (Å²) in [5.74, 6) is 0.406. The average molecular weight is 497 g/mol. The van der Waals surface area contributed by atoms with E-state index in [9.17, 15) is 14.4 Å². The summed E-state index contributed by atoms with van der Waals surface area (Å²) < 4.78 is 5.86. The maximum Gasteiger partial charge on any atom is 0.265 e. The number of aryl methyl sites for hydroxylation is 1. The fourth-order valence-corrected chi connectivity index (χ4v) is 5.30. The van der Waals surface area contributed by atoms with Gasteiger partial charge in [0.2, 0.25) is 5.91 Å². The van der Waals surface area contributed by atoms with Crippen LogP contribution in [0.5, 0.6) is 5.75 Å². The zero-order valence-electron chi connectivity index (χ0n) is 20.0. The monoisotopic (exact) mass is 496 g/mol. The molecule has 3 heterocycles. The lowest BCUT2D eigenvalue weighted by Gasteiger charge is -2.40. The van der Waals surface area contributed by atoms with Crippen molar-refractivity contribution >= 4 is 29.1 Å². The van der Waals surface area contributed by atoms with Gasteiger partial charge in [0.05, 0.1) is 28.8 Å². The quantitative estimate of drug-likeness (QED) is 0.590. The van der Waals surface area contributed by atoms with Crippen LogP contribution >= 0.6 is 11.3 Å². The molecule has 2 aliphatic rings. The Kier molecular flexibility index (Phi) is 8.17. The minimum Gasteiger partial charge on any atom is -0.492 e. The topological polar surface area (TPSA) is 101 Å². The van der Waals surface area contributed by atoms with Crippen LogP contribution in [0.1, 0.15) is 57.8 Å². The second-order valence-electron chi connectivity index (χ2n) is 9.01. The molecule has 3 amide bonds. The van der Waals surface area contributed by atoms with Gasteiger partial charge in [0.15, 0.2) is 0 Å². The Morgan fingerprint density at radius 1 is 1.11 bits per heavy atom. The molecule has 0 saturated carbocycles. The normalized spacial score (nSPS) is 20.3. The van der Waals surface area contributed by atoms with E-state index < -0.39 is 5.41 Å². The van der Waals surface area contributed by atoms with Gasteiger partial charge in [-0.3, -0.25) is 14.4 Å². The van der Waals surface area contributed by atoms with Crippen LogP contribution < -0.4 is 15.4 Å². The Morgan fingerprint density at radius 3 is 2.66 bits per heavy atom. The second kappa shape index (κ2) is 11.5. The number of carbonyl (C=O) groups is 3. The zero-order valence-corrected chi connectivity index (χ0v) is 20.9. The molecule has 2 aromatic rings. The molecule has 0 radical (unpaired) electrons. The van der Waals surface area contributed by atoms with E-state index in [1.165, 1.54) is 11.3 Å². The number of para-hydroxylation sites is 1. The Labute approximate surface area is 209 Å². The first-order chi connectivity index (χ1) is 17.0. The van der Waals surface area contributed by atoms with Crippen molar-refractivity contribution in [3.05, 3.63) is 58.1 Å². The summed E-state index contributed by atoms with van der Waals surface area (Å²) in [6.45, 7) is 4.29. The Bertz CT molecular complexity index is 1090. The van der Waals surface area contributed by atoms with Gasteiger partial charge >= 0.3 is 0 Å². The van der Waals surface area contributed by atoms with Gasteiger partial charge < -0.3 is 20.3 Å². The summed E-state index contributed by atoms with van der Waals surface area (Å²) in [5, 5.41) is 5.99. The maximum absolute atomic E-state index is 13.3. The molecule has 1 aromatic heterocycles. The Hall–Kier alpha value is -3.20. The number of hydrogen-bond donors (Lipinski definition) is 2. The summed E-state index contributed by atoms with van der Waals surface area (Å²) in [6, 6.07) is 7.23. The summed E-state index contributed by atoms with van der Waals surface area (Å²) >= 11 is 1.36. The molecule has 2 N–H and O–H groups in total. The highest BCUT2D eigenvalue weighted by Gasteiger charge is 2.41. The predicted molar refractivity (Wildman–Crippen MR) is 135 cm³/mol. The number of thiazole rings is 1. The van der Waals surface area contributed by atoms with Gasteiger partial charge in [-0.25, -0.2) is 4.98 Å². The number of allylic oxidation sites excluding steroid dienone is 1. The van der Waals surface area contributed by atoms with Crippen molar-refractivity contribution in [1.29, 1.82) is 0 Å². The minimum absolute atomic E-state index is 0.00261. The van der Waals surface area contributed by atoms with Crippen molar-refractivity contribution in [3.63, 3.8) is 0 Å².